The van der Waals surface area contributed by atoms with E-state index in [0.717, 1.165) is 12.1 Å². The van der Waals surface area contributed by atoms with E-state index in [2.05, 4.69) is 5.32 Å². The Morgan fingerprint density at radius 2 is 1.82 bits per heavy atom. The predicted molar refractivity (Wildman–Crippen MR) is 93.4 cm³/mol. The van der Waals surface area contributed by atoms with Gasteiger partial charge in [0.15, 0.2) is 0 Å². The minimum absolute atomic E-state index is 0.0200. The number of nitrogens with one attached hydrogen (secondary N) is 1. The Bertz CT molecular complexity index is 763. The second kappa shape index (κ2) is 10.6. The van der Waals surface area contributed by atoms with Crippen LogP contribution in [0, 0.1) is 16.0 Å². The fourth-order valence-corrected chi connectivity index (χ4v) is 2.31. The third kappa shape index (κ3) is 6.34. The largest absolute Gasteiger partial charge is 0.480 e. The Morgan fingerprint density at radius 1 is 1.18 bits per heavy atom. The van der Waals surface area contributed by atoms with Crippen molar-refractivity contribution in [2.45, 2.75) is 26.3 Å². The molecule has 1 aromatic carbocycles. The Hall–Kier alpha value is -3.50. The third-order valence-corrected chi connectivity index (χ3v) is 3.56. The second-order valence-corrected chi connectivity index (χ2v) is 5.46. The van der Waals surface area contributed by atoms with Crippen molar-refractivity contribution in [2.24, 2.45) is 5.92 Å². The van der Waals surface area contributed by atoms with Crippen LogP contribution in [0.4, 0.5) is 5.69 Å². The van der Waals surface area contributed by atoms with E-state index in [1.54, 1.807) is 0 Å². The number of carboxylic acid groups (broad SMARTS) is 1. The molecule has 0 unspecified atom stereocenters. The number of carboxylic acids is 1. The maximum atomic E-state index is 12.4. The molecule has 28 heavy (non-hydrogen) atoms. The van der Waals surface area contributed by atoms with E-state index < -0.39 is 47.1 Å². The first-order valence-corrected chi connectivity index (χ1v) is 8.31. The highest BCUT2D eigenvalue weighted by molar-refractivity contribution is 5.98. The molecule has 152 valence electrons. The van der Waals surface area contributed by atoms with E-state index in [-0.39, 0.29) is 24.5 Å². The molecular weight excluding hydrogens is 376 g/mol. The number of nitro groups is 1. The lowest BCUT2D eigenvalue weighted by molar-refractivity contribution is -0.384. The summed E-state index contributed by atoms with van der Waals surface area (Å²) in [6.45, 7) is 2.99. The summed E-state index contributed by atoms with van der Waals surface area (Å²) in [6.07, 6.45) is -0.626. The number of esters is 2. The Labute approximate surface area is 159 Å². The summed E-state index contributed by atoms with van der Waals surface area (Å²) in [5.74, 6) is -5.92. The number of rotatable bonds is 10. The minimum atomic E-state index is -1.81. The zero-order chi connectivity index (χ0) is 21.3. The van der Waals surface area contributed by atoms with Crippen LogP contribution in [-0.4, -0.2) is 53.1 Å². The van der Waals surface area contributed by atoms with Crippen molar-refractivity contribution in [1.29, 1.82) is 0 Å². The number of carbonyl (C=O) groups excluding carboxylic acids is 3. The Morgan fingerprint density at radius 3 is 2.36 bits per heavy atom. The third-order valence-electron chi connectivity index (χ3n) is 3.56. The lowest BCUT2D eigenvalue weighted by Crippen LogP contribution is -2.49. The number of ether oxygens (including phenoxy) is 2. The molecule has 0 heterocycles. The van der Waals surface area contributed by atoms with Crippen molar-refractivity contribution < 1.29 is 38.7 Å². The van der Waals surface area contributed by atoms with Crippen LogP contribution < -0.4 is 5.32 Å². The first-order valence-electron chi connectivity index (χ1n) is 8.31. The lowest BCUT2D eigenvalue weighted by Gasteiger charge is -2.22. The molecule has 2 atom stereocenters. The average Bonchev–Trinajstić information content (AvgIpc) is 2.64. The molecule has 0 fully saturated rings. The molecule has 11 nitrogen and oxygen atoms in total. The second-order valence-electron chi connectivity index (χ2n) is 5.46. The molecule has 11 heteroatoms. The summed E-state index contributed by atoms with van der Waals surface area (Å²) in [5.41, 5.74) is -0.549. The van der Waals surface area contributed by atoms with E-state index in [4.69, 9.17) is 9.47 Å². The molecule has 0 aromatic heterocycles. The van der Waals surface area contributed by atoms with Gasteiger partial charge in [-0.2, -0.15) is 0 Å². The molecule has 0 aliphatic rings. The number of benzene rings is 1. The molecule has 0 spiro atoms. The number of hydrogen-bond acceptors (Lipinski definition) is 8. The van der Waals surface area contributed by atoms with E-state index in [1.165, 1.54) is 26.0 Å². The molecule has 2 N–H and O–H groups in total. The molecule has 0 bridgehead atoms. The standard InChI is InChI=1S/C17H20N2O9/c1-3-27-13(20)9-12(17(24)28-4-2)14(16(22)23)18-15(21)10-6-5-7-11(8-10)19(25)26/h5-8,12,14H,3-4,9H2,1-2H3,(H,18,21)(H,22,23)/t12-,14+/m1/s1. The van der Waals surface area contributed by atoms with Gasteiger partial charge in [0, 0.05) is 17.7 Å². The zero-order valence-electron chi connectivity index (χ0n) is 15.2. The number of aliphatic carboxylic acids is 1. The van der Waals surface area contributed by atoms with Gasteiger partial charge in [-0.25, -0.2) is 4.79 Å². The highest BCUT2D eigenvalue weighted by Crippen LogP contribution is 2.17. The van der Waals surface area contributed by atoms with Gasteiger partial charge in [-0.15, -0.1) is 0 Å². The molecule has 0 aliphatic carbocycles. The molecule has 1 amide bonds. The monoisotopic (exact) mass is 396 g/mol. The Kier molecular flexibility index (Phi) is 8.53. The number of nitrogens with zero attached hydrogens (tertiary/aromatic N) is 1. The summed E-state index contributed by atoms with van der Waals surface area (Å²) in [5, 5.41) is 22.4. The molecule has 0 aliphatic heterocycles. The van der Waals surface area contributed by atoms with Gasteiger partial charge >= 0.3 is 17.9 Å². The fourth-order valence-electron chi connectivity index (χ4n) is 2.31. The molecule has 1 aromatic rings. The lowest BCUT2D eigenvalue weighted by atomic mass is 9.95. The van der Waals surface area contributed by atoms with Gasteiger partial charge in [-0.05, 0) is 19.9 Å². The summed E-state index contributed by atoms with van der Waals surface area (Å²) >= 11 is 0. The van der Waals surface area contributed by atoms with Gasteiger partial charge in [-0.3, -0.25) is 24.5 Å². The normalized spacial score (nSPS) is 12.4. The smallest absolute Gasteiger partial charge is 0.327 e. The number of non-ortho nitro benzene ring substituents is 1. The van der Waals surface area contributed by atoms with Crippen LogP contribution in [0.5, 0.6) is 0 Å². The van der Waals surface area contributed by atoms with Crippen LogP contribution in [0.2, 0.25) is 0 Å². The number of nitro benzene ring substituents is 1. The van der Waals surface area contributed by atoms with Crippen molar-refractivity contribution in [1.82, 2.24) is 5.32 Å². The number of carbonyl (C=O) groups is 4. The Balaban J connectivity index is 3.12. The molecule has 0 saturated heterocycles. The van der Waals surface area contributed by atoms with Crippen LogP contribution in [0.1, 0.15) is 30.6 Å². The molecular formula is C17H20N2O9. The first kappa shape index (κ1) is 22.5. The quantitative estimate of drug-likeness (QED) is 0.332. The van der Waals surface area contributed by atoms with Crippen LogP contribution in [0.25, 0.3) is 0 Å². The summed E-state index contributed by atoms with van der Waals surface area (Å²) in [7, 11) is 0. The predicted octanol–water partition coefficient (Wildman–Crippen LogP) is 0.910. The van der Waals surface area contributed by atoms with Crippen LogP contribution in [-0.2, 0) is 23.9 Å². The van der Waals surface area contributed by atoms with Gasteiger partial charge in [0.25, 0.3) is 11.6 Å². The first-order chi connectivity index (χ1) is 13.2. The minimum Gasteiger partial charge on any atom is -0.480 e. The van der Waals surface area contributed by atoms with Crippen molar-refractivity contribution >= 4 is 29.5 Å². The van der Waals surface area contributed by atoms with Gasteiger partial charge in [-0.1, -0.05) is 6.07 Å². The van der Waals surface area contributed by atoms with Crippen LogP contribution >= 0.6 is 0 Å². The SMILES string of the molecule is CCOC(=O)C[C@@H](C(=O)OCC)[C@H](NC(=O)c1cccc([N+](=O)[O-])c1)C(=O)O. The summed E-state index contributed by atoms with van der Waals surface area (Å²) < 4.78 is 9.54. The van der Waals surface area contributed by atoms with E-state index in [0.29, 0.717) is 0 Å². The number of amides is 1. The average molecular weight is 396 g/mol. The van der Waals surface area contributed by atoms with Crippen molar-refractivity contribution in [3.8, 4) is 0 Å². The van der Waals surface area contributed by atoms with Crippen LogP contribution in [0.3, 0.4) is 0 Å². The molecule has 1 rings (SSSR count). The number of hydrogen-bond donors (Lipinski definition) is 2. The maximum absolute atomic E-state index is 12.4. The highest BCUT2D eigenvalue weighted by Gasteiger charge is 2.38. The molecule has 0 radical (unpaired) electrons. The van der Waals surface area contributed by atoms with Gasteiger partial charge in [0.2, 0.25) is 0 Å². The summed E-state index contributed by atoms with van der Waals surface area (Å²) in [6, 6.07) is 2.80. The summed E-state index contributed by atoms with van der Waals surface area (Å²) in [4.78, 5) is 58.0. The van der Waals surface area contributed by atoms with Gasteiger partial charge in [0.1, 0.15) is 6.04 Å². The van der Waals surface area contributed by atoms with Crippen molar-refractivity contribution in [2.75, 3.05) is 13.2 Å². The van der Waals surface area contributed by atoms with E-state index >= 15 is 0 Å². The fraction of sp³-hybridized carbons (Fsp3) is 0.412. The van der Waals surface area contributed by atoms with E-state index in [1.807, 2.05) is 0 Å². The zero-order valence-corrected chi connectivity index (χ0v) is 15.2. The van der Waals surface area contributed by atoms with E-state index in [9.17, 15) is 34.4 Å². The maximum Gasteiger partial charge on any atom is 0.327 e. The van der Waals surface area contributed by atoms with Crippen molar-refractivity contribution in [3.63, 3.8) is 0 Å². The topological polar surface area (TPSA) is 162 Å². The molecule has 0 saturated carbocycles. The van der Waals surface area contributed by atoms with Gasteiger partial charge in [0.05, 0.1) is 30.5 Å². The highest BCUT2D eigenvalue weighted by atomic mass is 16.6. The van der Waals surface area contributed by atoms with Gasteiger partial charge < -0.3 is 19.9 Å². The van der Waals surface area contributed by atoms with Crippen molar-refractivity contribution in [3.05, 3.63) is 39.9 Å². The van der Waals surface area contributed by atoms with Crippen LogP contribution in [0.15, 0.2) is 24.3 Å².